The fourth-order valence-electron chi connectivity index (χ4n) is 5.03. The lowest BCUT2D eigenvalue weighted by atomic mass is 10.1. The van der Waals surface area contributed by atoms with Crippen molar-refractivity contribution in [3.8, 4) is 0 Å². The first-order chi connectivity index (χ1) is 19.5. The summed E-state index contributed by atoms with van der Waals surface area (Å²) in [7, 11) is 0. The molecule has 0 aliphatic carbocycles. The molecule has 0 aromatic carbocycles. The van der Waals surface area contributed by atoms with E-state index < -0.39 is 0 Å². The van der Waals surface area contributed by atoms with Crippen LogP contribution in [0.2, 0.25) is 0 Å². The lowest BCUT2D eigenvalue weighted by Gasteiger charge is -2.34. The Kier molecular flexibility index (Phi) is 11.3. The quantitative estimate of drug-likeness (QED) is 0.219. The molecule has 1 amide bonds. The van der Waals surface area contributed by atoms with Gasteiger partial charge in [-0.05, 0) is 50.5 Å². The molecule has 10 heteroatoms. The number of fused-ring (bicyclic) bond motifs is 1. The molecule has 10 nitrogen and oxygen atoms in total. The highest BCUT2D eigenvalue weighted by Gasteiger charge is 2.25. The van der Waals surface area contributed by atoms with E-state index in [0.717, 1.165) is 80.6 Å². The average molecular weight is 553 g/mol. The van der Waals surface area contributed by atoms with Crippen LogP contribution in [0.5, 0.6) is 0 Å². The summed E-state index contributed by atoms with van der Waals surface area (Å²) in [4.78, 5) is 31.9. The summed E-state index contributed by atoms with van der Waals surface area (Å²) < 4.78 is 11.2. The Morgan fingerprint density at radius 3 is 2.52 bits per heavy atom. The van der Waals surface area contributed by atoms with E-state index in [4.69, 9.17) is 29.5 Å². The molecule has 0 saturated carbocycles. The molecule has 0 spiro atoms. The van der Waals surface area contributed by atoms with Gasteiger partial charge in [-0.3, -0.25) is 4.79 Å². The average Bonchev–Trinajstić information content (AvgIpc) is 2.98. The van der Waals surface area contributed by atoms with Gasteiger partial charge in [0.2, 0.25) is 5.95 Å². The van der Waals surface area contributed by atoms with Gasteiger partial charge in [0.05, 0.1) is 43.5 Å². The smallest absolute Gasteiger partial charge is 0.250 e. The normalized spacial score (nSPS) is 18.3. The van der Waals surface area contributed by atoms with Gasteiger partial charge >= 0.3 is 0 Å². The maximum Gasteiger partial charge on any atom is 0.250 e. The molecule has 40 heavy (non-hydrogen) atoms. The third-order valence-corrected chi connectivity index (χ3v) is 7.42. The fraction of sp³-hybridized carbons (Fsp3) is 0.600. The standard InChI is InChI=1S/C30H44N6O4/c1-22(20-23(2)29(38)31-12-8-6-4-5-7-9-16-37)26-11-10-25-27(32-26)33-30(36-15-19-40-21-24(36)3)34-28(25)35-13-17-39-18-14-35/h10-11,20,24,37H,2,4-9,12-19,21H2,1,3H3,(H,31,38)/b22-20+. The largest absolute Gasteiger partial charge is 0.396 e. The summed E-state index contributed by atoms with van der Waals surface area (Å²) in [6, 6.07) is 4.15. The number of rotatable bonds is 13. The zero-order valence-corrected chi connectivity index (χ0v) is 24.0. The Bertz CT molecular complexity index is 1180. The van der Waals surface area contributed by atoms with E-state index in [1.165, 1.54) is 0 Å². The van der Waals surface area contributed by atoms with Crippen molar-refractivity contribution < 1.29 is 19.4 Å². The third-order valence-electron chi connectivity index (χ3n) is 7.42. The Morgan fingerprint density at radius 2 is 1.77 bits per heavy atom. The topological polar surface area (TPSA) is 113 Å². The lowest BCUT2D eigenvalue weighted by molar-refractivity contribution is -0.117. The molecule has 2 aliphatic rings. The molecule has 4 heterocycles. The summed E-state index contributed by atoms with van der Waals surface area (Å²) in [5, 5.41) is 12.7. The van der Waals surface area contributed by atoms with Crippen LogP contribution in [0.4, 0.5) is 11.8 Å². The Morgan fingerprint density at radius 1 is 1.05 bits per heavy atom. The van der Waals surface area contributed by atoms with Gasteiger partial charge in [0.15, 0.2) is 5.65 Å². The highest BCUT2D eigenvalue weighted by atomic mass is 16.5. The molecule has 218 valence electrons. The van der Waals surface area contributed by atoms with Gasteiger partial charge in [-0.2, -0.15) is 9.97 Å². The molecule has 1 atom stereocenters. The van der Waals surface area contributed by atoms with E-state index in [9.17, 15) is 4.79 Å². The number of pyridine rings is 1. The first-order valence-electron chi connectivity index (χ1n) is 14.6. The number of carbonyl (C=O) groups is 1. The Balaban J connectivity index is 1.47. The molecule has 1 unspecified atom stereocenters. The number of ether oxygens (including phenoxy) is 2. The molecule has 2 saturated heterocycles. The number of morpholine rings is 2. The maximum atomic E-state index is 12.6. The molecule has 2 aromatic rings. The number of carbonyl (C=O) groups excluding carboxylic acids is 1. The fourth-order valence-corrected chi connectivity index (χ4v) is 5.03. The van der Waals surface area contributed by atoms with Crippen molar-refractivity contribution in [1.29, 1.82) is 0 Å². The van der Waals surface area contributed by atoms with E-state index in [0.29, 0.717) is 50.1 Å². The van der Waals surface area contributed by atoms with Crippen LogP contribution in [0.15, 0.2) is 30.4 Å². The van der Waals surface area contributed by atoms with E-state index in [-0.39, 0.29) is 18.6 Å². The van der Waals surface area contributed by atoms with Gasteiger partial charge in [0.25, 0.3) is 5.91 Å². The first kappa shape index (κ1) is 29.9. The Labute approximate surface area is 237 Å². The second kappa shape index (κ2) is 15.1. The number of allylic oxidation sites excluding steroid dienone is 1. The van der Waals surface area contributed by atoms with Gasteiger partial charge in [-0.1, -0.05) is 32.3 Å². The molecule has 4 rings (SSSR count). The minimum atomic E-state index is -0.166. The van der Waals surface area contributed by atoms with Crippen molar-refractivity contribution in [2.45, 2.75) is 58.4 Å². The molecular weight excluding hydrogens is 508 g/mol. The molecule has 0 radical (unpaired) electrons. The van der Waals surface area contributed by atoms with Crippen molar-refractivity contribution in [2.24, 2.45) is 0 Å². The number of aromatic nitrogens is 3. The van der Waals surface area contributed by atoms with Crippen molar-refractivity contribution in [3.63, 3.8) is 0 Å². The minimum Gasteiger partial charge on any atom is -0.396 e. The summed E-state index contributed by atoms with van der Waals surface area (Å²) >= 11 is 0. The third kappa shape index (κ3) is 7.99. The van der Waals surface area contributed by atoms with Crippen LogP contribution in [0, 0.1) is 0 Å². The number of anilines is 2. The van der Waals surface area contributed by atoms with Crippen molar-refractivity contribution in [1.82, 2.24) is 20.3 Å². The predicted octanol–water partition coefficient (Wildman–Crippen LogP) is 3.50. The van der Waals surface area contributed by atoms with Gasteiger partial charge in [-0.15, -0.1) is 0 Å². The summed E-state index contributed by atoms with van der Waals surface area (Å²) in [6.45, 7) is 13.8. The molecule has 2 aliphatic heterocycles. The van der Waals surface area contributed by atoms with Crippen LogP contribution < -0.4 is 15.1 Å². The monoisotopic (exact) mass is 552 g/mol. The van der Waals surface area contributed by atoms with Crippen LogP contribution in [-0.2, 0) is 14.3 Å². The molecule has 2 fully saturated rings. The molecule has 2 aromatic heterocycles. The number of nitrogens with one attached hydrogen (secondary N) is 1. The number of aliphatic hydroxyl groups excluding tert-OH is 1. The number of unbranched alkanes of at least 4 members (excludes halogenated alkanes) is 5. The molecular formula is C30H44N6O4. The van der Waals surface area contributed by atoms with Crippen LogP contribution in [0.25, 0.3) is 16.6 Å². The summed E-state index contributed by atoms with van der Waals surface area (Å²) in [5.74, 6) is 1.37. The van der Waals surface area contributed by atoms with E-state index >= 15 is 0 Å². The lowest BCUT2D eigenvalue weighted by Crippen LogP contribution is -2.45. The number of aliphatic hydroxyl groups is 1. The number of nitrogens with zero attached hydrogens (tertiary/aromatic N) is 5. The summed E-state index contributed by atoms with van der Waals surface area (Å²) in [6.07, 6.45) is 7.94. The second-order valence-electron chi connectivity index (χ2n) is 10.6. The second-order valence-corrected chi connectivity index (χ2v) is 10.6. The van der Waals surface area contributed by atoms with Gasteiger partial charge < -0.3 is 29.7 Å². The zero-order chi connectivity index (χ0) is 28.3. The predicted molar refractivity (Wildman–Crippen MR) is 159 cm³/mol. The number of hydrogen-bond acceptors (Lipinski definition) is 9. The zero-order valence-electron chi connectivity index (χ0n) is 24.0. The molecule has 2 N–H and O–H groups in total. The van der Waals surface area contributed by atoms with Crippen molar-refractivity contribution in [3.05, 3.63) is 36.1 Å². The maximum absolute atomic E-state index is 12.6. The van der Waals surface area contributed by atoms with Crippen LogP contribution in [0.1, 0.15) is 58.1 Å². The van der Waals surface area contributed by atoms with Gasteiger partial charge in [-0.25, -0.2) is 4.98 Å². The first-order valence-corrected chi connectivity index (χ1v) is 14.6. The number of amides is 1. The minimum absolute atomic E-state index is 0.166. The van der Waals surface area contributed by atoms with Gasteiger partial charge in [0, 0.05) is 38.4 Å². The number of hydrogen-bond donors (Lipinski definition) is 2. The Hall–Kier alpha value is -3.08. The van der Waals surface area contributed by atoms with Crippen LogP contribution in [0.3, 0.4) is 0 Å². The highest BCUT2D eigenvalue weighted by molar-refractivity contribution is 5.97. The van der Waals surface area contributed by atoms with Crippen molar-refractivity contribution >= 4 is 34.3 Å². The van der Waals surface area contributed by atoms with Gasteiger partial charge in [0.1, 0.15) is 5.82 Å². The van der Waals surface area contributed by atoms with E-state index in [1.807, 2.05) is 19.1 Å². The van der Waals surface area contributed by atoms with Crippen LogP contribution >= 0.6 is 0 Å². The van der Waals surface area contributed by atoms with E-state index in [1.54, 1.807) is 6.08 Å². The SMILES string of the molecule is C=C(/C=C(\C)c1ccc2c(N3CCOCC3)nc(N3CCOCC3C)nc2n1)C(=O)NCCCCCCCCO. The summed E-state index contributed by atoms with van der Waals surface area (Å²) in [5.41, 5.74) is 2.63. The molecule has 0 bridgehead atoms. The van der Waals surface area contributed by atoms with Crippen LogP contribution in [-0.4, -0.2) is 91.2 Å². The van der Waals surface area contributed by atoms with E-state index in [2.05, 4.69) is 28.6 Å². The highest BCUT2D eigenvalue weighted by Crippen LogP contribution is 2.29. The van der Waals surface area contributed by atoms with Crippen molar-refractivity contribution in [2.75, 3.05) is 69.0 Å².